The topological polar surface area (TPSA) is 43.6 Å². The van der Waals surface area contributed by atoms with Crippen LogP contribution in [0.5, 0.6) is 5.75 Å². The lowest BCUT2D eigenvalue weighted by atomic mass is 10.2. The Morgan fingerprint density at radius 2 is 2.00 bits per heavy atom. The number of ether oxygens (including phenoxy) is 2. The van der Waals surface area contributed by atoms with Gasteiger partial charge in [0.15, 0.2) is 0 Å². The molecule has 1 N–H and O–H groups in total. The molecule has 1 heterocycles. The molecule has 0 amide bonds. The second kappa shape index (κ2) is 8.61. The van der Waals surface area contributed by atoms with Gasteiger partial charge < -0.3 is 19.2 Å². The lowest BCUT2D eigenvalue weighted by Crippen LogP contribution is -2.25. The standard InChI is InChI=1S/C18H25NO3/c1-14(2)12-21-13-17(18-8-5-9-22-18)19-11-15-6-4-7-16(10-15)20-3/h4-10,14,17,19H,11-13H2,1-3H3. The van der Waals surface area contributed by atoms with Crippen molar-refractivity contribution in [3.63, 3.8) is 0 Å². The minimum absolute atomic E-state index is 0.0416. The number of rotatable bonds is 9. The van der Waals surface area contributed by atoms with Crippen LogP contribution in [-0.2, 0) is 11.3 Å². The van der Waals surface area contributed by atoms with Crippen LogP contribution in [0.1, 0.15) is 31.2 Å². The Hall–Kier alpha value is -1.78. The molecule has 1 aromatic heterocycles. The summed E-state index contributed by atoms with van der Waals surface area (Å²) in [7, 11) is 1.68. The summed E-state index contributed by atoms with van der Waals surface area (Å²) in [5.74, 6) is 2.28. The molecule has 0 saturated heterocycles. The van der Waals surface area contributed by atoms with Gasteiger partial charge >= 0.3 is 0 Å². The van der Waals surface area contributed by atoms with Crippen LogP contribution >= 0.6 is 0 Å². The van der Waals surface area contributed by atoms with Crippen LogP contribution in [0.25, 0.3) is 0 Å². The summed E-state index contributed by atoms with van der Waals surface area (Å²) in [5, 5.41) is 3.49. The minimum Gasteiger partial charge on any atom is -0.497 e. The zero-order chi connectivity index (χ0) is 15.8. The minimum atomic E-state index is 0.0416. The summed E-state index contributed by atoms with van der Waals surface area (Å²) >= 11 is 0. The predicted molar refractivity (Wildman–Crippen MR) is 86.9 cm³/mol. The van der Waals surface area contributed by atoms with Crippen molar-refractivity contribution in [3.05, 3.63) is 54.0 Å². The van der Waals surface area contributed by atoms with Crippen molar-refractivity contribution in [2.45, 2.75) is 26.4 Å². The quantitative estimate of drug-likeness (QED) is 0.765. The normalized spacial score (nSPS) is 12.5. The van der Waals surface area contributed by atoms with Crippen molar-refractivity contribution in [1.29, 1.82) is 0 Å². The highest BCUT2D eigenvalue weighted by Crippen LogP contribution is 2.17. The highest BCUT2D eigenvalue weighted by molar-refractivity contribution is 5.28. The Balaban J connectivity index is 1.94. The molecule has 0 spiro atoms. The Kier molecular flexibility index (Phi) is 6.49. The maximum atomic E-state index is 5.77. The predicted octanol–water partition coefficient (Wildman–Crippen LogP) is 3.79. The van der Waals surface area contributed by atoms with E-state index in [2.05, 4.69) is 25.2 Å². The second-order valence-electron chi connectivity index (χ2n) is 5.73. The van der Waals surface area contributed by atoms with Crippen molar-refractivity contribution in [3.8, 4) is 5.75 Å². The number of benzene rings is 1. The Bertz CT molecular complexity index is 537. The van der Waals surface area contributed by atoms with Gasteiger partial charge in [-0.25, -0.2) is 0 Å². The van der Waals surface area contributed by atoms with Gasteiger partial charge in [-0.1, -0.05) is 26.0 Å². The first kappa shape index (κ1) is 16.6. The van der Waals surface area contributed by atoms with E-state index >= 15 is 0 Å². The Morgan fingerprint density at radius 1 is 1.14 bits per heavy atom. The lowest BCUT2D eigenvalue weighted by Gasteiger charge is -2.18. The van der Waals surface area contributed by atoms with Gasteiger partial charge in [0.05, 0.1) is 26.0 Å². The van der Waals surface area contributed by atoms with Crippen molar-refractivity contribution < 1.29 is 13.9 Å². The number of hydrogen-bond donors (Lipinski definition) is 1. The zero-order valence-corrected chi connectivity index (χ0v) is 13.5. The molecule has 1 unspecified atom stereocenters. The summed E-state index contributed by atoms with van der Waals surface area (Å²) in [6, 6.07) is 12.0. The fourth-order valence-electron chi connectivity index (χ4n) is 2.18. The molecular weight excluding hydrogens is 278 g/mol. The first-order chi connectivity index (χ1) is 10.7. The smallest absolute Gasteiger partial charge is 0.123 e. The van der Waals surface area contributed by atoms with Gasteiger partial charge in [-0.05, 0) is 35.7 Å². The maximum absolute atomic E-state index is 5.77. The fraction of sp³-hybridized carbons (Fsp3) is 0.444. The third-order valence-corrected chi connectivity index (χ3v) is 3.31. The molecule has 1 aromatic carbocycles. The van der Waals surface area contributed by atoms with Crippen molar-refractivity contribution in [2.75, 3.05) is 20.3 Å². The van der Waals surface area contributed by atoms with Crippen LogP contribution in [0.3, 0.4) is 0 Å². The van der Waals surface area contributed by atoms with E-state index in [-0.39, 0.29) is 6.04 Å². The molecule has 0 aliphatic heterocycles. The fourth-order valence-corrected chi connectivity index (χ4v) is 2.18. The molecule has 0 aliphatic carbocycles. The van der Waals surface area contributed by atoms with Crippen molar-refractivity contribution >= 4 is 0 Å². The van der Waals surface area contributed by atoms with Gasteiger partial charge in [0.1, 0.15) is 11.5 Å². The number of methoxy groups -OCH3 is 1. The van der Waals surface area contributed by atoms with E-state index in [1.165, 1.54) is 5.56 Å². The van der Waals surface area contributed by atoms with E-state index < -0.39 is 0 Å². The van der Waals surface area contributed by atoms with E-state index in [1.807, 2.05) is 30.3 Å². The van der Waals surface area contributed by atoms with Gasteiger partial charge in [-0.3, -0.25) is 0 Å². The molecule has 4 heteroatoms. The lowest BCUT2D eigenvalue weighted by molar-refractivity contribution is 0.0844. The van der Waals surface area contributed by atoms with Gasteiger partial charge in [0.25, 0.3) is 0 Å². The SMILES string of the molecule is COc1cccc(CNC(COCC(C)C)c2ccco2)c1. The van der Waals surface area contributed by atoms with E-state index in [9.17, 15) is 0 Å². The molecule has 0 saturated carbocycles. The molecule has 1 atom stereocenters. The summed E-state index contributed by atoms with van der Waals surface area (Å²) in [6.45, 7) is 6.36. The van der Waals surface area contributed by atoms with E-state index in [1.54, 1.807) is 13.4 Å². The molecule has 0 bridgehead atoms. The third-order valence-electron chi connectivity index (χ3n) is 3.31. The average Bonchev–Trinajstić information content (AvgIpc) is 3.04. The van der Waals surface area contributed by atoms with Crippen molar-refractivity contribution in [2.24, 2.45) is 5.92 Å². The van der Waals surface area contributed by atoms with Crippen LogP contribution in [0, 0.1) is 5.92 Å². The zero-order valence-electron chi connectivity index (χ0n) is 13.5. The van der Waals surface area contributed by atoms with Crippen LogP contribution in [-0.4, -0.2) is 20.3 Å². The Morgan fingerprint density at radius 3 is 2.68 bits per heavy atom. The summed E-state index contributed by atoms with van der Waals surface area (Å²) < 4.78 is 16.5. The molecule has 2 rings (SSSR count). The third kappa shape index (κ3) is 5.20. The van der Waals surface area contributed by atoms with E-state index in [0.717, 1.165) is 24.7 Å². The van der Waals surface area contributed by atoms with Crippen LogP contribution < -0.4 is 10.1 Å². The van der Waals surface area contributed by atoms with Gasteiger partial charge in [-0.2, -0.15) is 0 Å². The van der Waals surface area contributed by atoms with Crippen molar-refractivity contribution in [1.82, 2.24) is 5.32 Å². The molecule has 0 fully saturated rings. The first-order valence-electron chi connectivity index (χ1n) is 7.66. The van der Waals surface area contributed by atoms with Gasteiger partial charge in [-0.15, -0.1) is 0 Å². The first-order valence-corrected chi connectivity index (χ1v) is 7.66. The molecule has 4 nitrogen and oxygen atoms in total. The highest BCUT2D eigenvalue weighted by Gasteiger charge is 2.14. The number of hydrogen-bond acceptors (Lipinski definition) is 4. The molecule has 120 valence electrons. The Labute approximate surface area is 132 Å². The summed E-state index contributed by atoms with van der Waals surface area (Å²) in [4.78, 5) is 0. The highest BCUT2D eigenvalue weighted by atomic mass is 16.5. The number of furan rings is 1. The summed E-state index contributed by atoms with van der Waals surface area (Å²) in [5.41, 5.74) is 1.17. The van der Waals surface area contributed by atoms with E-state index in [4.69, 9.17) is 13.9 Å². The second-order valence-corrected chi connectivity index (χ2v) is 5.73. The maximum Gasteiger partial charge on any atom is 0.123 e. The van der Waals surface area contributed by atoms with Gasteiger partial charge in [0, 0.05) is 13.2 Å². The summed E-state index contributed by atoms with van der Waals surface area (Å²) in [6.07, 6.45) is 1.69. The number of nitrogens with one attached hydrogen (secondary N) is 1. The largest absolute Gasteiger partial charge is 0.497 e. The molecule has 0 aliphatic rings. The molecule has 0 radical (unpaired) electrons. The van der Waals surface area contributed by atoms with E-state index in [0.29, 0.717) is 12.5 Å². The van der Waals surface area contributed by atoms with Crippen LogP contribution in [0.4, 0.5) is 0 Å². The van der Waals surface area contributed by atoms with Crippen LogP contribution in [0.2, 0.25) is 0 Å². The monoisotopic (exact) mass is 303 g/mol. The molecule has 2 aromatic rings. The van der Waals surface area contributed by atoms with Crippen LogP contribution in [0.15, 0.2) is 47.1 Å². The average molecular weight is 303 g/mol. The van der Waals surface area contributed by atoms with Gasteiger partial charge in [0.2, 0.25) is 0 Å². The molecular formula is C18H25NO3. The molecule has 22 heavy (non-hydrogen) atoms.